The van der Waals surface area contributed by atoms with E-state index in [9.17, 15) is 9.59 Å². The van der Waals surface area contributed by atoms with Crippen LogP contribution in [-0.4, -0.2) is 31.1 Å². The summed E-state index contributed by atoms with van der Waals surface area (Å²) in [5.74, 6) is -0.506. The molecular formula is C20H25NO3. The number of ether oxygens (including phenoxy) is 1. The summed E-state index contributed by atoms with van der Waals surface area (Å²) in [7, 11) is 1.77. The molecule has 0 aliphatic heterocycles. The number of carbonyl (C=O) groups excluding carboxylic acids is 2. The maximum Gasteiger partial charge on any atom is 0.333 e. The lowest BCUT2D eigenvalue weighted by Gasteiger charge is -2.18. The van der Waals surface area contributed by atoms with Crippen molar-refractivity contribution >= 4 is 17.5 Å². The molecule has 1 aliphatic carbocycles. The van der Waals surface area contributed by atoms with Crippen molar-refractivity contribution in [2.75, 3.05) is 13.7 Å². The molecule has 4 nitrogen and oxygen atoms in total. The van der Waals surface area contributed by atoms with E-state index in [1.54, 1.807) is 14.0 Å². The van der Waals surface area contributed by atoms with Crippen LogP contribution in [-0.2, 0) is 14.3 Å². The number of aliphatic imine (C=N–C) groups is 1. The summed E-state index contributed by atoms with van der Waals surface area (Å²) in [6.45, 7) is 13.1. The highest BCUT2D eigenvalue weighted by Crippen LogP contribution is 2.27. The first-order valence-electron chi connectivity index (χ1n) is 7.78. The summed E-state index contributed by atoms with van der Waals surface area (Å²) in [5, 5.41) is 0. The number of rotatable bonds is 6. The van der Waals surface area contributed by atoms with Crippen molar-refractivity contribution in [3.8, 4) is 0 Å². The number of hydrogen-bond acceptors (Lipinski definition) is 4. The van der Waals surface area contributed by atoms with Gasteiger partial charge in [-0.2, -0.15) is 0 Å². The average molecular weight is 327 g/mol. The molecule has 4 heteroatoms. The van der Waals surface area contributed by atoms with Crippen molar-refractivity contribution in [1.29, 1.82) is 0 Å². The minimum absolute atomic E-state index is 0.0324. The second-order valence-electron chi connectivity index (χ2n) is 6.00. The first-order valence-corrected chi connectivity index (χ1v) is 7.78. The molecule has 0 aromatic carbocycles. The molecule has 0 spiro atoms. The SMILES string of the molecule is C=C(C)C(=O)OCC1=CC(=O)CC(=C)/C1=C\C=C(/C)CC(C)=NC. The van der Waals surface area contributed by atoms with Crippen molar-refractivity contribution in [3.05, 3.63) is 59.3 Å². The summed E-state index contributed by atoms with van der Waals surface area (Å²) in [6.07, 6.45) is 6.50. The van der Waals surface area contributed by atoms with Crippen molar-refractivity contribution < 1.29 is 14.3 Å². The third-order valence-electron chi connectivity index (χ3n) is 3.61. The van der Waals surface area contributed by atoms with E-state index in [2.05, 4.69) is 18.2 Å². The van der Waals surface area contributed by atoms with Gasteiger partial charge in [0.2, 0.25) is 0 Å². The summed E-state index contributed by atoms with van der Waals surface area (Å²) in [5.41, 5.74) is 4.76. The fourth-order valence-corrected chi connectivity index (χ4v) is 2.23. The zero-order valence-electron chi connectivity index (χ0n) is 14.9. The van der Waals surface area contributed by atoms with Gasteiger partial charge in [0.25, 0.3) is 0 Å². The highest BCUT2D eigenvalue weighted by atomic mass is 16.5. The van der Waals surface area contributed by atoms with Crippen LogP contribution in [0.2, 0.25) is 0 Å². The molecule has 0 atom stereocenters. The molecule has 0 aromatic heterocycles. The number of nitrogens with zero attached hydrogens (tertiary/aromatic N) is 1. The van der Waals surface area contributed by atoms with Gasteiger partial charge in [-0.15, -0.1) is 0 Å². The molecule has 1 aliphatic rings. The number of carbonyl (C=O) groups is 2. The predicted molar refractivity (Wildman–Crippen MR) is 98.1 cm³/mol. The Morgan fingerprint density at radius 3 is 2.62 bits per heavy atom. The Hall–Kier alpha value is -2.49. The van der Waals surface area contributed by atoms with E-state index in [1.165, 1.54) is 6.08 Å². The monoisotopic (exact) mass is 327 g/mol. The maximum atomic E-state index is 11.8. The van der Waals surface area contributed by atoms with Crippen LogP contribution in [0.5, 0.6) is 0 Å². The molecule has 0 fully saturated rings. The van der Waals surface area contributed by atoms with E-state index in [-0.39, 0.29) is 18.8 Å². The Labute approximate surface area is 144 Å². The molecule has 0 saturated heterocycles. The first kappa shape index (κ1) is 19.6. The first-order chi connectivity index (χ1) is 11.2. The van der Waals surface area contributed by atoms with Gasteiger partial charge in [-0.25, -0.2) is 4.79 Å². The Morgan fingerprint density at radius 2 is 2.04 bits per heavy atom. The van der Waals surface area contributed by atoms with E-state index >= 15 is 0 Å². The van der Waals surface area contributed by atoms with Crippen molar-refractivity contribution in [3.63, 3.8) is 0 Å². The van der Waals surface area contributed by atoms with E-state index in [0.717, 1.165) is 28.9 Å². The summed E-state index contributed by atoms with van der Waals surface area (Å²) in [6, 6.07) is 0. The number of ketones is 1. The van der Waals surface area contributed by atoms with Crippen LogP contribution in [0.4, 0.5) is 0 Å². The zero-order valence-corrected chi connectivity index (χ0v) is 14.9. The molecule has 0 radical (unpaired) electrons. The van der Waals surface area contributed by atoms with Crippen LogP contribution in [0.1, 0.15) is 33.6 Å². The number of esters is 1. The van der Waals surface area contributed by atoms with Gasteiger partial charge < -0.3 is 4.74 Å². The summed E-state index contributed by atoms with van der Waals surface area (Å²) >= 11 is 0. The Morgan fingerprint density at radius 1 is 1.38 bits per heavy atom. The molecule has 0 saturated carbocycles. The number of hydrogen-bond donors (Lipinski definition) is 0. The minimum atomic E-state index is -0.472. The fourth-order valence-electron chi connectivity index (χ4n) is 2.23. The van der Waals surface area contributed by atoms with Gasteiger partial charge in [0.1, 0.15) is 6.61 Å². The fraction of sp³-hybridized carbons (Fsp3) is 0.350. The molecule has 24 heavy (non-hydrogen) atoms. The molecule has 0 aromatic rings. The average Bonchev–Trinajstić information content (AvgIpc) is 2.50. The van der Waals surface area contributed by atoms with Gasteiger partial charge in [-0.1, -0.05) is 30.9 Å². The van der Waals surface area contributed by atoms with Crippen molar-refractivity contribution in [2.24, 2.45) is 4.99 Å². The van der Waals surface area contributed by atoms with Crippen LogP contribution in [0.25, 0.3) is 0 Å². The van der Waals surface area contributed by atoms with E-state index in [1.807, 2.05) is 26.0 Å². The van der Waals surface area contributed by atoms with Crippen LogP contribution < -0.4 is 0 Å². The zero-order chi connectivity index (χ0) is 18.3. The summed E-state index contributed by atoms with van der Waals surface area (Å²) in [4.78, 5) is 27.5. The quantitative estimate of drug-likeness (QED) is 0.422. The van der Waals surface area contributed by atoms with Crippen LogP contribution in [0, 0.1) is 0 Å². The number of allylic oxidation sites excluding steroid dienone is 5. The van der Waals surface area contributed by atoms with E-state index in [0.29, 0.717) is 11.1 Å². The van der Waals surface area contributed by atoms with Crippen molar-refractivity contribution in [2.45, 2.75) is 33.6 Å². The van der Waals surface area contributed by atoms with Gasteiger partial charge in [-0.3, -0.25) is 9.79 Å². The third-order valence-corrected chi connectivity index (χ3v) is 3.61. The van der Waals surface area contributed by atoms with Gasteiger partial charge in [0.05, 0.1) is 0 Å². The topological polar surface area (TPSA) is 55.7 Å². The molecular weight excluding hydrogens is 302 g/mol. The Balaban J connectivity index is 3.00. The summed E-state index contributed by atoms with van der Waals surface area (Å²) < 4.78 is 5.18. The minimum Gasteiger partial charge on any atom is -0.457 e. The van der Waals surface area contributed by atoms with E-state index < -0.39 is 5.97 Å². The van der Waals surface area contributed by atoms with Crippen LogP contribution in [0.15, 0.2) is 64.2 Å². The molecule has 0 amide bonds. The maximum absolute atomic E-state index is 11.8. The molecule has 1 rings (SSSR count). The van der Waals surface area contributed by atoms with Gasteiger partial charge in [-0.05, 0) is 38.0 Å². The van der Waals surface area contributed by atoms with Gasteiger partial charge in [0, 0.05) is 36.7 Å². The molecule has 0 heterocycles. The smallest absolute Gasteiger partial charge is 0.333 e. The van der Waals surface area contributed by atoms with Gasteiger partial charge >= 0.3 is 5.97 Å². The molecule has 0 N–H and O–H groups in total. The normalized spacial score (nSPS) is 17.8. The highest BCUT2D eigenvalue weighted by molar-refractivity contribution is 5.96. The van der Waals surface area contributed by atoms with E-state index in [4.69, 9.17) is 4.74 Å². The lowest BCUT2D eigenvalue weighted by Crippen LogP contribution is -2.15. The van der Waals surface area contributed by atoms with Crippen LogP contribution in [0.3, 0.4) is 0 Å². The highest BCUT2D eigenvalue weighted by Gasteiger charge is 2.19. The lowest BCUT2D eigenvalue weighted by atomic mass is 9.88. The second kappa shape index (κ2) is 8.96. The standard InChI is InChI=1S/C20H25NO3/c1-13(2)20(23)24-12-17-11-18(22)10-15(4)19(17)8-7-14(3)9-16(5)21-6/h7-8,11H,1,4,9-10,12H2,2-3,5-6H3/b14-7+,19-8+,21-16?. The molecule has 0 unspecified atom stereocenters. The lowest BCUT2D eigenvalue weighted by molar-refractivity contribution is -0.138. The Kier molecular flexibility index (Phi) is 7.31. The molecule has 128 valence electrons. The van der Waals surface area contributed by atoms with Crippen LogP contribution >= 0.6 is 0 Å². The predicted octanol–water partition coefficient (Wildman–Crippen LogP) is 3.91. The van der Waals surface area contributed by atoms with Crippen molar-refractivity contribution in [1.82, 2.24) is 0 Å². The van der Waals surface area contributed by atoms with Gasteiger partial charge in [0.15, 0.2) is 5.78 Å². The third kappa shape index (κ3) is 5.95. The second-order valence-corrected chi connectivity index (χ2v) is 6.00. The Bertz CT molecular complexity index is 688. The molecule has 0 bridgehead atoms. The largest absolute Gasteiger partial charge is 0.457 e.